The van der Waals surface area contributed by atoms with Crippen LogP contribution >= 0.6 is 7.26 Å². The summed E-state index contributed by atoms with van der Waals surface area (Å²) >= 11 is 0. The number of benzene rings is 5. The van der Waals surface area contributed by atoms with Crippen LogP contribution in [0.5, 0.6) is 0 Å². The second kappa shape index (κ2) is 12.8. The SMILES string of the molecule is CCC(CC)(CN1C(=O)c2ccccc2C1=O)c1ccc(C(C)(C)C[P+](c2ccccc2)(c2ccccc2)c2ccccc2)cc1. The number of fused-ring (bicyclic) bond motifs is 1. The Morgan fingerprint density at radius 3 is 1.28 bits per heavy atom. The molecule has 0 aromatic heterocycles. The van der Waals surface area contributed by atoms with Crippen LogP contribution in [0.1, 0.15) is 72.4 Å². The van der Waals surface area contributed by atoms with Crippen LogP contribution in [0.15, 0.2) is 140 Å². The molecule has 3 nitrogen and oxygen atoms in total. The van der Waals surface area contributed by atoms with E-state index in [0.29, 0.717) is 17.7 Å². The summed E-state index contributed by atoms with van der Waals surface area (Å²) in [6.07, 6.45) is 2.62. The minimum Gasteiger partial charge on any atom is -0.273 e. The van der Waals surface area contributed by atoms with Gasteiger partial charge in [0.25, 0.3) is 11.8 Å². The normalized spacial score (nSPS) is 13.6. The van der Waals surface area contributed by atoms with Gasteiger partial charge in [-0.1, -0.05) is 119 Å². The molecule has 1 aliphatic heterocycles. The maximum absolute atomic E-state index is 13.3. The smallest absolute Gasteiger partial charge is 0.261 e. The van der Waals surface area contributed by atoms with E-state index in [4.69, 9.17) is 0 Å². The van der Waals surface area contributed by atoms with Crippen LogP contribution in [0.2, 0.25) is 0 Å². The predicted molar refractivity (Wildman–Crippen MR) is 194 cm³/mol. The zero-order chi connectivity index (χ0) is 32.4. The second-order valence-corrected chi connectivity index (χ2v) is 16.7. The van der Waals surface area contributed by atoms with E-state index in [9.17, 15) is 9.59 Å². The number of rotatable bonds is 11. The van der Waals surface area contributed by atoms with Crippen molar-refractivity contribution in [1.82, 2.24) is 4.90 Å². The van der Waals surface area contributed by atoms with Crippen LogP contribution < -0.4 is 15.9 Å². The van der Waals surface area contributed by atoms with Gasteiger partial charge in [-0.05, 0) is 72.5 Å². The molecule has 0 atom stereocenters. The van der Waals surface area contributed by atoms with Crippen molar-refractivity contribution in [2.45, 2.75) is 51.4 Å². The molecule has 46 heavy (non-hydrogen) atoms. The molecular weight excluding hydrogens is 581 g/mol. The molecule has 0 saturated heterocycles. The first-order valence-electron chi connectivity index (χ1n) is 16.4. The van der Waals surface area contributed by atoms with Crippen LogP contribution in [0, 0.1) is 0 Å². The quantitative estimate of drug-likeness (QED) is 0.110. The Labute approximate surface area is 274 Å². The predicted octanol–water partition coefficient (Wildman–Crippen LogP) is 8.31. The first kappa shape index (κ1) is 31.6. The van der Waals surface area contributed by atoms with Crippen molar-refractivity contribution >= 4 is 35.0 Å². The van der Waals surface area contributed by atoms with E-state index >= 15 is 0 Å². The van der Waals surface area contributed by atoms with Gasteiger partial charge in [0, 0.05) is 17.4 Å². The first-order valence-corrected chi connectivity index (χ1v) is 18.3. The van der Waals surface area contributed by atoms with Gasteiger partial charge in [-0.2, -0.15) is 0 Å². The monoisotopic (exact) mass is 624 g/mol. The van der Waals surface area contributed by atoms with E-state index in [-0.39, 0.29) is 22.6 Å². The van der Waals surface area contributed by atoms with Crippen molar-refractivity contribution < 1.29 is 9.59 Å². The Morgan fingerprint density at radius 1 is 0.522 bits per heavy atom. The largest absolute Gasteiger partial charge is 0.273 e. The molecule has 0 N–H and O–H groups in total. The molecule has 1 aliphatic rings. The molecule has 0 fully saturated rings. The molecule has 5 aromatic rings. The molecule has 232 valence electrons. The summed E-state index contributed by atoms with van der Waals surface area (Å²) in [6.45, 7) is 9.45. The lowest BCUT2D eigenvalue weighted by atomic mass is 9.74. The highest BCUT2D eigenvalue weighted by Crippen LogP contribution is 2.59. The molecule has 0 aliphatic carbocycles. The fourth-order valence-electron chi connectivity index (χ4n) is 7.39. The summed E-state index contributed by atoms with van der Waals surface area (Å²) < 4.78 is 0. The van der Waals surface area contributed by atoms with Crippen molar-refractivity contribution in [3.8, 4) is 0 Å². The summed E-state index contributed by atoms with van der Waals surface area (Å²) in [7, 11) is -2.04. The van der Waals surface area contributed by atoms with Crippen LogP contribution in [-0.4, -0.2) is 29.4 Å². The van der Waals surface area contributed by atoms with E-state index in [0.717, 1.165) is 19.0 Å². The molecule has 4 heteroatoms. The number of carbonyl (C=O) groups excluding carboxylic acids is 2. The highest BCUT2D eigenvalue weighted by Gasteiger charge is 2.49. The maximum Gasteiger partial charge on any atom is 0.261 e. The number of imide groups is 1. The van der Waals surface area contributed by atoms with Gasteiger partial charge < -0.3 is 0 Å². The number of carbonyl (C=O) groups is 2. The van der Waals surface area contributed by atoms with Gasteiger partial charge in [0.2, 0.25) is 0 Å². The lowest BCUT2D eigenvalue weighted by Crippen LogP contribution is -2.43. The fraction of sp³-hybridized carbons (Fsp3) is 0.238. The van der Waals surface area contributed by atoms with Gasteiger partial charge >= 0.3 is 0 Å². The third-order valence-corrected chi connectivity index (χ3v) is 15.0. The molecule has 0 unspecified atom stereocenters. The van der Waals surface area contributed by atoms with Crippen molar-refractivity contribution in [3.63, 3.8) is 0 Å². The van der Waals surface area contributed by atoms with Crippen molar-refractivity contribution in [1.29, 1.82) is 0 Å². The summed E-state index contributed by atoms with van der Waals surface area (Å²) in [5.41, 5.74) is 2.98. The summed E-state index contributed by atoms with van der Waals surface area (Å²) in [5.74, 6) is -0.375. The Hall–Kier alpha value is -4.33. The average molecular weight is 625 g/mol. The van der Waals surface area contributed by atoms with Gasteiger partial charge in [-0.3, -0.25) is 14.5 Å². The first-order chi connectivity index (χ1) is 22.3. The number of hydrogen-bond acceptors (Lipinski definition) is 2. The standard InChI is InChI=1S/C42H43NO2P/c1-5-42(6-2,30-43-39(44)37-24-16-17-25-38(37)40(43)45)33-28-26-32(27-29-33)41(3,4)31-46(34-18-10-7-11-19-34,35-20-12-8-13-21-35)36-22-14-9-15-23-36/h7-29H,5-6,30-31H2,1-4H3/q+1. The van der Waals surface area contributed by atoms with Crippen LogP contribution in [0.3, 0.4) is 0 Å². The van der Waals surface area contributed by atoms with Crippen LogP contribution in [-0.2, 0) is 10.8 Å². The number of hydrogen-bond donors (Lipinski definition) is 0. The summed E-state index contributed by atoms with van der Waals surface area (Å²) in [4.78, 5) is 28.1. The van der Waals surface area contributed by atoms with Crippen molar-refractivity contribution in [3.05, 3.63) is 162 Å². The molecule has 1 heterocycles. The highest BCUT2D eigenvalue weighted by molar-refractivity contribution is 7.95. The third-order valence-electron chi connectivity index (χ3n) is 10.2. The van der Waals surface area contributed by atoms with Gasteiger partial charge in [0.15, 0.2) is 0 Å². The molecule has 0 spiro atoms. The minimum atomic E-state index is -2.04. The van der Waals surface area contributed by atoms with E-state index in [1.165, 1.54) is 31.9 Å². The topological polar surface area (TPSA) is 37.4 Å². The molecule has 0 saturated carbocycles. The molecule has 5 aromatic carbocycles. The molecule has 2 amide bonds. The van der Waals surface area contributed by atoms with E-state index < -0.39 is 7.26 Å². The fourth-order valence-corrected chi connectivity index (χ4v) is 12.2. The van der Waals surface area contributed by atoms with Gasteiger partial charge in [-0.25, -0.2) is 0 Å². The molecule has 0 radical (unpaired) electrons. The highest BCUT2D eigenvalue weighted by atomic mass is 31.2. The Bertz CT molecular complexity index is 1680. The molecule has 6 rings (SSSR count). The Kier molecular flexibility index (Phi) is 8.82. The Balaban J connectivity index is 1.37. The van der Waals surface area contributed by atoms with Crippen molar-refractivity contribution in [2.75, 3.05) is 12.7 Å². The van der Waals surface area contributed by atoms with Crippen LogP contribution in [0.4, 0.5) is 0 Å². The number of amides is 2. The lowest BCUT2D eigenvalue weighted by Gasteiger charge is -2.37. The molecule has 0 bridgehead atoms. The zero-order valence-electron chi connectivity index (χ0n) is 27.3. The maximum atomic E-state index is 13.3. The molecular formula is C42H43NO2P+. The second-order valence-electron chi connectivity index (χ2n) is 13.2. The van der Waals surface area contributed by atoms with E-state index in [1.54, 1.807) is 12.1 Å². The van der Waals surface area contributed by atoms with Gasteiger partial charge in [0.1, 0.15) is 23.2 Å². The zero-order valence-corrected chi connectivity index (χ0v) is 28.2. The Morgan fingerprint density at radius 2 is 0.891 bits per heavy atom. The average Bonchev–Trinajstić information content (AvgIpc) is 3.35. The summed E-state index contributed by atoms with van der Waals surface area (Å²) in [5, 5.41) is 4.15. The van der Waals surface area contributed by atoms with E-state index in [1.807, 2.05) is 12.1 Å². The van der Waals surface area contributed by atoms with Gasteiger partial charge in [0.05, 0.1) is 17.3 Å². The lowest BCUT2D eigenvalue weighted by molar-refractivity contribution is 0.0608. The third kappa shape index (κ3) is 5.52. The summed E-state index contributed by atoms with van der Waals surface area (Å²) in [6, 6.07) is 49.4. The van der Waals surface area contributed by atoms with Crippen LogP contribution in [0.25, 0.3) is 0 Å². The van der Waals surface area contributed by atoms with Gasteiger partial charge in [-0.15, -0.1) is 0 Å². The van der Waals surface area contributed by atoms with E-state index in [2.05, 4.69) is 143 Å². The number of nitrogens with zero attached hydrogens (tertiary/aromatic N) is 1. The minimum absolute atomic E-state index is 0.155. The van der Waals surface area contributed by atoms with Crippen molar-refractivity contribution in [2.24, 2.45) is 0 Å².